The van der Waals surface area contributed by atoms with Crippen LogP contribution in [0.4, 0.5) is 0 Å². The van der Waals surface area contributed by atoms with Crippen LogP contribution in [0.1, 0.15) is 6.92 Å². The van der Waals surface area contributed by atoms with Gasteiger partial charge in [0, 0.05) is 5.56 Å². The fourth-order valence-electron chi connectivity index (χ4n) is 3.30. The molecule has 4 aromatic rings. The molecule has 0 fully saturated rings. The maximum Gasteiger partial charge on any atom is 0.127 e. The van der Waals surface area contributed by atoms with Crippen molar-refractivity contribution in [2.75, 3.05) is 6.61 Å². The van der Waals surface area contributed by atoms with E-state index in [9.17, 15) is 0 Å². The van der Waals surface area contributed by atoms with Crippen LogP contribution in [0.3, 0.4) is 0 Å². The Hall–Kier alpha value is -3.06. The van der Waals surface area contributed by atoms with E-state index in [-0.39, 0.29) is 0 Å². The highest BCUT2D eigenvalue weighted by atomic mass is 16.5. The molecule has 0 radical (unpaired) electrons. The van der Waals surface area contributed by atoms with E-state index in [1.165, 1.54) is 33.0 Å². The van der Waals surface area contributed by atoms with Gasteiger partial charge >= 0.3 is 0 Å². The molecule has 4 aromatic carbocycles. The molecule has 0 aromatic heterocycles. The van der Waals surface area contributed by atoms with E-state index in [1.807, 2.05) is 19.1 Å². The smallest absolute Gasteiger partial charge is 0.127 e. The molecule has 0 saturated carbocycles. The Kier molecular flexibility index (Phi) is 4.22. The van der Waals surface area contributed by atoms with Crippen molar-refractivity contribution in [1.82, 2.24) is 0 Å². The van der Waals surface area contributed by atoms with Gasteiger partial charge in [-0.3, -0.25) is 0 Å². The summed E-state index contributed by atoms with van der Waals surface area (Å²) in [6.45, 7) is 2.69. The van der Waals surface area contributed by atoms with Crippen LogP contribution in [0, 0.1) is 0 Å². The Bertz CT molecular complexity index is 988. The number of fused-ring (bicyclic) bond motifs is 1. The first kappa shape index (κ1) is 15.5. The molecule has 0 N–H and O–H groups in total. The first-order valence-corrected chi connectivity index (χ1v) is 8.67. The standard InChI is InChI=1S/C24H20O/c1-2-25-23-16-14-21-17-20(18-9-5-3-6-10-18)13-15-22(21)24(23)19-11-7-4-8-12-19/h3-17H,2H2,1H3. The third kappa shape index (κ3) is 3.01. The maximum atomic E-state index is 5.91. The summed E-state index contributed by atoms with van der Waals surface area (Å²) in [6.07, 6.45) is 0. The number of ether oxygens (including phenoxy) is 1. The third-order valence-electron chi connectivity index (χ3n) is 4.45. The molecule has 0 aliphatic rings. The molecule has 122 valence electrons. The predicted octanol–water partition coefficient (Wildman–Crippen LogP) is 6.57. The first-order chi connectivity index (χ1) is 12.4. The summed E-state index contributed by atoms with van der Waals surface area (Å²) in [6, 6.07) is 31.9. The van der Waals surface area contributed by atoms with Crippen molar-refractivity contribution < 1.29 is 4.74 Å². The van der Waals surface area contributed by atoms with E-state index in [0.717, 1.165) is 5.75 Å². The molecule has 25 heavy (non-hydrogen) atoms. The van der Waals surface area contributed by atoms with E-state index < -0.39 is 0 Å². The van der Waals surface area contributed by atoms with Gasteiger partial charge in [-0.25, -0.2) is 0 Å². The van der Waals surface area contributed by atoms with Crippen molar-refractivity contribution in [3.8, 4) is 28.0 Å². The van der Waals surface area contributed by atoms with Crippen molar-refractivity contribution in [2.24, 2.45) is 0 Å². The van der Waals surface area contributed by atoms with Gasteiger partial charge in [-0.1, -0.05) is 78.9 Å². The summed E-state index contributed by atoms with van der Waals surface area (Å²) in [5.41, 5.74) is 4.82. The summed E-state index contributed by atoms with van der Waals surface area (Å²) >= 11 is 0. The van der Waals surface area contributed by atoms with Gasteiger partial charge in [0.2, 0.25) is 0 Å². The second-order valence-electron chi connectivity index (χ2n) is 6.04. The van der Waals surface area contributed by atoms with Gasteiger partial charge in [0.1, 0.15) is 5.75 Å². The SMILES string of the molecule is CCOc1ccc2cc(-c3ccccc3)ccc2c1-c1ccccc1. The summed E-state index contributed by atoms with van der Waals surface area (Å²) in [5, 5.41) is 2.44. The highest BCUT2D eigenvalue weighted by Gasteiger charge is 2.11. The molecular weight excluding hydrogens is 304 g/mol. The molecule has 0 aliphatic heterocycles. The molecule has 0 saturated heterocycles. The van der Waals surface area contributed by atoms with Gasteiger partial charge in [0.15, 0.2) is 0 Å². The summed E-state index contributed by atoms with van der Waals surface area (Å²) in [5.74, 6) is 0.939. The van der Waals surface area contributed by atoms with Crippen LogP contribution in [0.25, 0.3) is 33.0 Å². The van der Waals surface area contributed by atoms with Crippen molar-refractivity contribution in [3.63, 3.8) is 0 Å². The minimum absolute atomic E-state index is 0.660. The Morgan fingerprint density at radius 1 is 0.640 bits per heavy atom. The second-order valence-corrected chi connectivity index (χ2v) is 6.04. The number of rotatable bonds is 4. The zero-order chi connectivity index (χ0) is 17.1. The zero-order valence-electron chi connectivity index (χ0n) is 14.3. The lowest BCUT2D eigenvalue weighted by atomic mass is 9.94. The van der Waals surface area contributed by atoms with Crippen molar-refractivity contribution in [1.29, 1.82) is 0 Å². The maximum absolute atomic E-state index is 5.91. The van der Waals surface area contributed by atoms with E-state index >= 15 is 0 Å². The molecule has 0 heterocycles. The fourth-order valence-corrected chi connectivity index (χ4v) is 3.30. The molecule has 0 bridgehead atoms. The van der Waals surface area contributed by atoms with Crippen LogP contribution in [0.5, 0.6) is 5.75 Å². The lowest BCUT2D eigenvalue weighted by Crippen LogP contribution is -1.95. The largest absolute Gasteiger partial charge is 0.493 e. The molecular formula is C24H20O. The van der Waals surface area contributed by atoms with Gasteiger partial charge < -0.3 is 4.74 Å². The summed E-state index contributed by atoms with van der Waals surface area (Å²) in [4.78, 5) is 0. The highest BCUT2D eigenvalue weighted by molar-refractivity contribution is 6.01. The molecule has 0 unspecified atom stereocenters. The van der Waals surface area contributed by atoms with Crippen LogP contribution in [-0.2, 0) is 0 Å². The van der Waals surface area contributed by atoms with Crippen LogP contribution in [0.2, 0.25) is 0 Å². The van der Waals surface area contributed by atoms with E-state index in [0.29, 0.717) is 6.61 Å². The van der Waals surface area contributed by atoms with Gasteiger partial charge in [-0.05, 0) is 46.5 Å². The van der Waals surface area contributed by atoms with Crippen molar-refractivity contribution in [3.05, 3.63) is 91.0 Å². The van der Waals surface area contributed by atoms with Crippen LogP contribution in [-0.4, -0.2) is 6.61 Å². The topological polar surface area (TPSA) is 9.23 Å². The van der Waals surface area contributed by atoms with Gasteiger partial charge in [-0.2, -0.15) is 0 Å². The van der Waals surface area contributed by atoms with E-state index in [4.69, 9.17) is 4.74 Å². The van der Waals surface area contributed by atoms with Crippen LogP contribution in [0.15, 0.2) is 91.0 Å². The van der Waals surface area contributed by atoms with E-state index in [1.54, 1.807) is 0 Å². The molecule has 1 heteroatoms. The Morgan fingerprint density at radius 3 is 2.00 bits per heavy atom. The normalized spacial score (nSPS) is 10.8. The molecule has 0 aliphatic carbocycles. The lowest BCUT2D eigenvalue weighted by molar-refractivity contribution is 0.342. The molecule has 0 spiro atoms. The molecule has 0 amide bonds. The van der Waals surface area contributed by atoms with Crippen molar-refractivity contribution in [2.45, 2.75) is 6.92 Å². The van der Waals surface area contributed by atoms with Crippen LogP contribution < -0.4 is 4.74 Å². The zero-order valence-corrected chi connectivity index (χ0v) is 14.3. The predicted molar refractivity (Wildman–Crippen MR) is 106 cm³/mol. The lowest BCUT2D eigenvalue weighted by Gasteiger charge is -2.14. The van der Waals surface area contributed by atoms with Gasteiger partial charge in [0.05, 0.1) is 6.61 Å². The molecule has 0 atom stereocenters. The summed E-state index contributed by atoms with van der Waals surface area (Å²) in [7, 11) is 0. The third-order valence-corrected chi connectivity index (χ3v) is 4.45. The molecule has 1 nitrogen and oxygen atoms in total. The van der Waals surface area contributed by atoms with E-state index in [2.05, 4.69) is 78.9 Å². The number of hydrogen-bond acceptors (Lipinski definition) is 1. The van der Waals surface area contributed by atoms with Gasteiger partial charge in [0.25, 0.3) is 0 Å². The minimum Gasteiger partial charge on any atom is -0.493 e. The number of benzene rings is 4. The van der Waals surface area contributed by atoms with Crippen LogP contribution >= 0.6 is 0 Å². The first-order valence-electron chi connectivity index (χ1n) is 8.67. The highest BCUT2D eigenvalue weighted by Crippen LogP contribution is 2.38. The second kappa shape index (κ2) is 6.82. The monoisotopic (exact) mass is 324 g/mol. The average Bonchev–Trinajstić information content (AvgIpc) is 2.69. The Morgan fingerprint density at radius 2 is 1.32 bits per heavy atom. The van der Waals surface area contributed by atoms with Crippen molar-refractivity contribution >= 4 is 10.8 Å². The van der Waals surface area contributed by atoms with Gasteiger partial charge in [-0.15, -0.1) is 0 Å². The Balaban J connectivity index is 1.93. The minimum atomic E-state index is 0.660. The quantitative estimate of drug-likeness (QED) is 0.412. The Labute approximate surface area is 148 Å². The average molecular weight is 324 g/mol. The fraction of sp³-hybridized carbons (Fsp3) is 0.0833. The number of hydrogen-bond donors (Lipinski definition) is 0. The molecule has 4 rings (SSSR count). The summed E-state index contributed by atoms with van der Waals surface area (Å²) < 4.78 is 5.91.